The van der Waals surface area contributed by atoms with E-state index in [0.717, 1.165) is 16.7 Å². The highest BCUT2D eigenvalue weighted by atomic mass is 16.4. The third kappa shape index (κ3) is 6.06. The molecule has 1 heterocycles. The monoisotopic (exact) mass is 448 g/mol. The van der Waals surface area contributed by atoms with Gasteiger partial charge in [-0.25, -0.2) is 0 Å². The minimum Gasteiger partial charge on any atom is -0.481 e. The summed E-state index contributed by atoms with van der Waals surface area (Å²) in [7, 11) is 1.48. The van der Waals surface area contributed by atoms with E-state index in [0.29, 0.717) is 6.42 Å². The van der Waals surface area contributed by atoms with Crippen molar-refractivity contribution in [1.82, 2.24) is 20.8 Å². The predicted molar refractivity (Wildman–Crippen MR) is 125 cm³/mol. The zero-order chi connectivity index (χ0) is 24.0. The molecule has 1 atom stereocenters. The van der Waals surface area contributed by atoms with Gasteiger partial charge in [-0.2, -0.15) is 5.10 Å². The maximum Gasteiger partial charge on any atom is 0.309 e. The first-order chi connectivity index (χ1) is 15.7. The molecule has 33 heavy (non-hydrogen) atoms. The average molecular weight is 449 g/mol. The number of nitrogens with one attached hydrogen (secondary N) is 3. The molecule has 0 saturated heterocycles. The molecule has 8 heteroatoms. The minimum absolute atomic E-state index is 0.0987. The zero-order valence-electron chi connectivity index (χ0n) is 18.9. The standard InChI is InChI=1S/C25H28N4O4/c1-25(2,24(32)33)15-19(27-23(31)21-14-20(28-29-21)22(30)26-3)13-16-9-11-18(12-10-16)17-7-5-4-6-8-17/h4-12,14,19H,13,15H2,1-3H3,(H,26,30)(H,27,31)(H,28,29)(H,32,33). The second-order valence-corrected chi connectivity index (χ2v) is 8.58. The average Bonchev–Trinajstić information content (AvgIpc) is 3.30. The Hall–Kier alpha value is -3.94. The van der Waals surface area contributed by atoms with Crippen molar-refractivity contribution in [1.29, 1.82) is 0 Å². The van der Waals surface area contributed by atoms with Crippen LogP contribution in [0.1, 0.15) is 46.8 Å². The number of aromatic nitrogens is 2. The first-order valence-electron chi connectivity index (χ1n) is 10.7. The first-order valence-corrected chi connectivity index (χ1v) is 10.7. The number of hydrogen-bond acceptors (Lipinski definition) is 4. The topological polar surface area (TPSA) is 124 Å². The van der Waals surface area contributed by atoms with Gasteiger partial charge in [0.15, 0.2) is 5.69 Å². The summed E-state index contributed by atoms with van der Waals surface area (Å²) in [6.45, 7) is 3.26. The summed E-state index contributed by atoms with van der Waals surface area (Å²) in [6.07, 6.45) is 0.679. The van der Waals surface area contributed by atoms with Gasteiger partial charge in [0.25, 0.3) is 11.8 Å². The molecule has 3 rings (SSSR count). The fourth-order valence-corrected chi connectivity index (χ4v) is 3.57. The molecule has 1 aromatic heterocycles. The summed E-state index contributed by atoms with van der Waals surface area (Å²) in [6, 6.07) is 18.9. The summed E-state index contributed by atoms with van der Waals surface area (Å²) in [5, 5.41) is 21.4. The van der Waals surface area contributed by atoms with E-state index in [4.69, 9.17) is 0 Å². The van der Waals surface area contributed by atoms with Gasteiger partial charge in [0.1, 0.15) is 5.69 Å². The van der Waals surface area contributed by atoms with Gasteiger partial charge in [0.2, 0.25) is 0 Å². The molecule has 0 radical (unpaired) electrons. The van der Waals surface area contributed by atoms with Crippen molar-refractivity contribution in [2.45, 2.75) is 32.7 Å². The molecule has 4 N–H and O–H groups in total. The van der Waals surface area contributed by atoms with Gasteiger partial charge in [0.05, 0.1) is 5.41 Å². The van der Waals surface area contributed by atoms with E-state index in [-0.39, 0.29) is 17.8 Å². The van der Waals surface area contributed by atoms with Crippen molar-refractivity contribution in [3.8, 4) is 11.1 Å². The van der Waals surface area contributed by atoms with E-state index in [9.17, 15) is 19.5 Å². The number of carbonyl (C=O) groups excluding carboxylic acids is 2. The van der Waals surface area contributed by atoms with E-state index in [1.807, 2.05) is 54.6 Å². The number of carbonyl (C=O) groups is 3. The number of aliphatic carboxylic acids is 1. The van der Waals surface area contributed by atoms with Gasteiger partial charge in [-0.15, -0.1) is 0 Å². The van der Waals surface area contributed by atoms with Crippen LogP contribution in [0.2, 0.25) is 0 Å². The second kappa shape index (κ2) is 10.1. The Balaban J connectivity index is 1.78. The molecule has 2 aromatic carbocycles. The molecule has 172 valence electrons. The number of H-pyrrole nitrogens is 1. The lowest BCUT2D eigenvalue weighted by molar-refractivity contribution is -0.147. The molecule has 3 aromatic rings. The number of carboxylic acid groups (broad SMARTS) is 1. The van der Waals surface area contributed by atoms with E-state index < -0.39 is 29.2 Å². The lowest BCUT2D eigenvalue weighted by Crippen LogP contribution is -2.41. The van der Waals surface area contributed by atoms with Crippen molar-refractivity contribution in [3.05, 3.63) is 77.6 Å². The molecule has 0 spiro atoms. The lowest BCUT2D eigenvalue weighted by atomic mass is 9.83. The molecule has 0 aliphatic carbocycles. The predicted octanol–water partition coefficient (Wildman–Crippen LogP) is 3.28. The molecule has 0 fully saturated rings. The Morgan fingerprint density at radius 2 is 1.64 bits per heavy atom. The van der Waals surface area contributed by atoms with Crippen molar-refractivity contribution >= 4 is 17.8 Å². The summed E-state index contributed by atoms with van der Waals surface area (Å²) in [4.78, 5) is 36.2. The molecule has 0 aliphatic heterocycles. The Bertz CT molecular complexity index is 1120. The van der Waals surface area contributed by atoms with Crippen molar-refractivity contribution in [2.24, 2.45) is 5.41 Å². The summed E-state index contributed by atoms with van der Waals surface area (Å²) < 4.78 is 0. The van der Waals surface area contributed by atoms with Crippen molar-refractivity contribution in [2.75, 3.05) is 7.05 Å². The van der Waals surface area contributed by atoms with E-state index in [2.05, 4.69) is 20.8 Å². The number of hydrogen-bond donors (Lipinski definition) is 4. The Morgan fingerprint density at radius 1 is 1.00 bits per heavy atom. The highest BCUT2D eigenvalue weighted by molar-refractivity contribution is 5.97. The quantitative estimate of drug-likeness (QED) is 0.400. The van der Waals surface area contributed by atoms with Gasteiger partial charge in [-0.3, -0.25) is 19.5 Å². The van der Waals surface area contributed by atoms with Crippen LogP contribution in [0.4, 0.5) is 0 Å². The van der Waals surface area contributed by atoms with Gasteiger partial charge in [-0.05, 0) is 43.4 Å². The van der Waals surface area contributed by atoms with Gasteiger partial charge in [0, 0.05) is 19.2 Å². The van der Waals surface area contributed by atoms with Crippen molar-refractivity contribution < 1.29 is 19.5 Å². The van der Waals surface area contributed by atoms with Gasteiger partial charge >= 0.3 is 5.97 Å². The number of aromatic amines is 1. The minimum atomic E-state index is -1.04. The maximum absolute atomic E-state index is 12.8. The van der Waals surface area contributed by atoms with Crippen molar-refractivity contribution in [3.63, 3.8) is 0 Å². The third-order valence-corrected chi connectivity index (χ3v) is 5.50. The van der Waals surface area contributed by atoms with Crippen LogP contribution < -0.4 is 10.6 Å². The summed E-state index contributed by atoms with van der Waals surface area (Å²) in [5.74, 6) is -1.80. The summed E-state index contributed by atoms with van der Waals surface area (Å²) in [5.41, 5.74) is 2.34. The van der Waals surface area contributed by atoms with Crippen LogP contribution in [0.25, 0.3) is 11.1 Å². The molecule has 1 unspecified atom stereocenters. The maximum atomic E-state index is 12.8. The number of rotatable bonds is 9. The number of nitrogens with zero attached hydrogens (tertiary/aromatic N) is 1. The molecule has 2 amide bonds. The molecule has 0 bridgehead atoms. The number of carboxylic acids is 1. The SMILES string of the molecule is CNC(=O)c1cc(C(=O)NC(Cc2ccc(-c3ccccc3)cc2)CC(C)(C)C(=O)O)[nH]n1. The smallest absolute Gasteiger partial charge is 0.309 e. The second-order valence-electron chi connectivity index (χ2n) is 8.58. The van der Waals surface area contributed by atoms with Crippen LogP contribution in [-0.4, -0.2) is 46.2 Å². The highest BCUT2D eigenvalue weighted by Gasteiger charge is 2.32. The lowest BCUT2D eigenvalue weighted by Gasteiger charge is -2.27. The molecule has 8 nitrogen and oxygen atoms in total. The number of amides is 2. The highest BCUT2D eigenvalue weighted by Crippen LogP contribution is 2.25. The number of benzene rings is 2. The first kappa shape index (κ1) is 23.7. The molecule has 0 aliphatic rings. The fourth-order valence-electron chi connectivity index (χ4n) is 3.57. The fraction of sp³-hybridized carbons (Fsp3) is 0.280. The third-order valence-electron chi connectivity index (χ3n) is 5.50. The van der Waals surface area contributed by atoms with Crippen LogP contribution in [0.15, 0.2) is 60.7 Å². The summed E-state index contributed by atoms with van der Waals surface area (Å²) >= 11 is 0. The molecular weight excluding hydrogens is 420 g/mol. The van der Waals surface area contributed by atoms with E-state index in [1.165, 1.54) is 13.1 Å². The Kier molecular flexibility index (Phi) is 7.27. The van der Waals surface area contributed by atoms with Gasteiger partial charge < -0.3 is 15.7 Å². The van der Waals surface area contributed by atoms with Crippen LogP contribution in [-0.2, 0) is 11.2 Å². The van der Waals surface area contributed by atoms with E-state index >= 15 is 0 Å². The van der Waals surface area contributed by atoms with Crippen LogP contribution in [0, 0.1) is 5.41 Å². The Morgan fingerprint density at radius 3 is 2.24 bits per heavy atom. The Labute approximate surface area is 192 Å². The largest absolute Gasteiger partial charge is 0.481 e. The molecular formula is C25H28N4O4. The van der Waals surface area contributed by atoms with Crippen LogP contribution in [0.3, 0.4) is 0 Å². The zero-order valence-corrected chi connectivity index (χ0v) is 18.9. The normalized spacial score (nSPS) is 12.1. The van der Waals surface area contributed by atoms with Crippen LogP contribution >= 0.6 is 0 Å². The van der Waals surface area contributed by atoms with Gasteiger partial charge in [-0.1, -0.05) is 54.6 Å². The van der Waals surface area contributed by atoms with E-state index in [1.54, 1.807) is 13.8 Å². The molecule has 0 saturated carbocycles. The van der Waals surface area contributed by atoms with Crippen LogP contribution in [0.5, 0.6) is 0 Å².